The van der Waals surface area contributed by atoms with Crippen LogP contribution in [-0.4, -0.2) is 53.1 Å². The topological polar surface area (TPSA) is 83.0 Å². The van der Waals surface area contributed by atoms with Gasteiger partial charge in [-0.05, 0) is 23.2 Å². The first-order valence-electron chi connectivity index (χ1n) is 4.75. The van der Waals surface area contributed by atoms with E-state index in [2.05, 4.69) is 25.6 Å². The normalized spacial score (nSPS) is 9.88. The van der Waals surface area contributed by atoms with Gasteiger partial charge in [-0.3, -0.25) is 0 Å². The van der Waals surface area contributed by atoms with Gasteiger partial charge in [0.25, 0.3) is 0 Å². The first kappa shape index (κ1) is 13.7. The van der Waals surface area contributed by atoms with Crippen LogP contribution in [0.3, 0.4) is 0 Å². The molecule has 0 aromatic carbocycles. The van der Waals surface area contributed by atoms with Gasteiger partial charge in [0.2, 0.25) is 16.5 Å². The van der Waals surface area contributed by atoms with Crippen LogP contribution >= 0.6 is 23.2 Å². The molecule has 0 unspecified atom stereocenters. The largest absolute Gasteiger partial charge is 0.352 e. The van der Waals surface area contributed by atoms with E-state index in [1.807, 2.05) is 0 Å². The number of hydrogen-bond acceptors (Lipinski definition) is 5. The van der Waals surface area contributed by atoms with E-state index in [0.717, 1.165) is 0 Å². The Morgan fingerprint density at radius 2 is 1.76 bits per heavy atom. The Hall–Kier alpha value is -1.34. The Morgan fingerprint density at radius 1 is 1.18 bits per heavy atom. The quantitative estimate of drug-likeness (QED) is 0.799. The number of carbonyl (C=O) groups excluding carboxylic acids is 1. The fourth-order valence-electron chi connectivity index (χ4n) is 0.907. The highest BCUT2D eigenvalue weighted by atomic mass is 35.5. The predicted molar refractivity (Wildman–Crippen MR) is 65.4 cm³/mol. The first-order chi connectivity index (χ1) is 7.99. The summed E-state index contributed by atoms with van der Waals surface area (Å²) in [5, 5.41) is 5.56. The monoisotopic (exact) mass is 278 g/mol. The molecule has 0 saturated heterocycles. The Balaban J connectivity index is 2.33. The molecule has 1 aromatic rings. The lowest BCUT2D eigenvalue weighted by molar-refractivity contribution is 0.218. The number of rotatable bonds is 4. The summed E-state index contributed by atoms with van der Waals surface area (Å²) in [5.74, 6) is 0.272. The Bertz CT molecular complexity index is 379. The summed E-state index contributed by atoms with van der Waals surface area (Å²) in [6.07, 6.45) is 0. The van der Waals surface area contributed by atoms with Crippen LogP contribution in [-0.2, 0) is 0 Å². The molecule has 0 radical (unpaired) electrons. The van der Waals surface area contributed by atoms with Crippen molar-refractivity contribution >= 4 is 35.2 Å². The van der Waals surface area contributed by atoms with Gasteiger partial charge in [0.05, 0.1) is 0 Å². The number of amides is 2. The molecule has 1 aromatic heterocycles. The maximum Gasteiger partial charge on any atom is 0.316 e. The van der Waals surface area contributed by atoms with Gasteiger partial charge < -0.3 is 15.5 Å². The summed E-state index contributed by atoms with van der Waals surface area (Å²) in [6.45, 7) is 0.883. The average molecular weight is 279 g/mol. The van der Waals surface area contributed by atoms with Crippen molar-refractivity contribution in [2.75, 3.05) is 32.5 Å². The van der Waals surface area contributed by atoms with Crippen molar-refractivity contribution in [2.24, 2.45) is 0 Å². The fourth-order valence-corrected chi connectivity index (χ4v) is 1.27. The zero-order chi connectivity index (χ0) is 12.8. The molecule has 2 N–H and O–H groups in total. The standard InChI is InChI=1S/C8H12Cl2N6O/c1-16(2)8(17)12-4-3-11-7-14-5(9)13-6(10)15-7/h3-4H2,1-2H3,(H,12,17)(H,11,13,14,15). The molecule has 9 heteroatoms. The summed E-state index contributed by atoms with van der Waals surface area (Å²) < 4.78 is 0. The van der Waals surface area contributed by atoms with E-state index in [1.54, 1.807) is 14.1 Å². The first-order valence-corrected chi connectivity index (χ1v) is 5.50. The van der Waals surface area contributed by atoms with Crippen LogP contribution in [0.25, 0.3) is 0 Å². The summed E-state index contributed by atoms with van der Waals surface area (Å²) in [6, 6.07) is -0.168. The number of aromatic nitrogens is 3. The molecule has 17 heavy (non-hydrogen) atoms. The number of carbonyl (C=O) groups is 1. The molecule has 0 aliphatic rings. The minimum Gasteiger partial charge on any atom is -0.352 e. The molecule has 7 nitrogen and oxygen atoms in total. The number of nitrogens with one attached hydrogen (secondary N) is 2. The summed E-state index contributed by atoms with van der Waals surface area (Å²) in [7, 11) is 3.32. The van der Waals surface area contributed by atoms with Crippen molar-refractivity contribution in [3.05, 3.63) is 10.6 Å². The van der Waals surface area contributed by atoms with E-state index in [0.29, 0.717) is 13.1 Å². The van der Waals surface area contributed by atoms with Crippen LogP contribution in [0.2, 0.25) is 10.6 Å². The highest BCUT2D eigenvalue weighted by Crippen LogP contribution is 2.08. The molecule has 0 spiro atoms. The van der Waals surface area contributed by atoms with E-state index >= 15 is 0 Å². The molecule has 1 heterocycles. The number of anilines is 1. The lowest BCUT2D eigenvalue weighted by atomic mass is 10.6. The van der Waals surface area contributed by atoms with E-state index < -0.39 is 0 Å². The molecule has 0 bridgehead atoms. The summed E-state index contributed by atoms with van der Waals surface area (Å²) >= 11 is 11.2. The second-order valence-corrected chi connectivity index (χ2v) is 3.93. The lowest BCUT2D eigenvalue weighted by Gasteiger charge is -2.12. The predicted octanol–water partition coefficient (Wildman–Crippen LogP) is 0.861. The molecule has 0 atom stereocenters. The minimum atomic E-state index is -0.168. The smallest absolute Gasteiger partial charge is 0.316 e. The van der Waals surface area contributed by atoms with Crippen molar-refractivity contribution < 1.29 is 4.79 Å². The third-order valence-corrected chi connectivity index (χ3v) is 2.01. The highest BCUT2D eigenvalue weighted by Gasteiger charge is 2.03. The third-order valence-electron chi connectivity index (χ3n) is 1.67. The second kappa shape index (κ2) is 6.41. The third kappa shape index (κ3) is 5.01. The number of hydrogen-bond donors (Lipinski definition) is 2. The van der Waals surface area contributed by atoms with Crippen LogP contribution in [0.1, 0.15) is 0 Å². The molecule has 0 aliphatic heterocycles. The lowest BCUT2D eigenvalue weighted by Crippen LogP contribution is -2.37. The summed E-state index contributed by atoms with van der Waals surface area (Å²) in [4.78, 5) is 23.8. The average Bonchev–Trinajstić information content (AvgIpc) is 2.22. The molecule has 0 saturated carbocycles. The maximum absolute atomic E-state index is 11.2. The fraction of sp³-hybridized carbons (Fsp3) is 0.500. The van der Waals surface area contributed by atoms with Gasteiger partial charge in [-0.25, -0.2) is 4.79 Å². The van der Waals surface area contributed by atoms with Crippen LogP contribution < -0.4 is 10.6 Å². The molecular formula is C8H12Cl2N6O. The van der Waals surface area contributed by atoms with Gasteiger partial charge in [-0.15, -0.1) is 0 Å². The van der Waals surface area contributed by atoms with E-state index in [1.165, 1.54) is 4.90 Å². The number of halogens is 2. The SMILES string of the molecule is CN(C)C(=O)NCCNc1nc(Cl)nc(Cl)n1. The van der Waals surface area contributed by atoms with Crippen molar-refractivity contribution in [2.45, 2.75) is 0 Å². The molecular weight excluding hydrogens is 267 g/mol. The molecule has 2 amide bonds. The molecule has 0 aliphatic carbocycles. The van der Waals surface area contributed by atoms with E-state index in [-0.39, 0.29) is 22.5 Å². The van der Waals surface area contributed by atoms with Gasteiger partial charge in [0, 0.05) is 27.2 Å². The molecule has 1 rings (SSSR count). The van der Waals surface area contributed by atoms with E-state index in [4.69, 9.17) is 23.2 Å². The highest BCUT2D eigenvalue weighted by molar-refractivity contribution is 6.31. The zero-order valence-electron chi connectivity index (χ0n) is 9.37. The zero-order valence-corrected chi connectivity index (χ0v) is 10.9. The molecule has 0 fully saturated rings. The van der Waals surface area contributed by atoms with Crippen molar-refractivity contribution in [3.8, 4) is 0 Å². The number of nitrogens with zero attached hydrogens (tertiary/aromatic N) is 4. The Labute approximate surface area is 109 Å². The van der Waals surface area contributed by atoms with Crippen LogP contribution in [0.5, 0.6) is 0 Å². The second-order valence-electron chi connectivity index (χ2n) is 3.25. The van der Waals surface area contributed by atoms with Crippen molar-refractivity contribution in [1.29, 1.82) is 0 Å². The van der Waals surface area contributed by atoms with Crippen LogP contribution in [0.4, 0.5) is 10.7 Å². The van der Waals surface area contributed by atoms with Gasteiger partial charge in [-0.1, -0.05) is 0 Å². The Morgan fingerprint density at radius 3 is 2.29 bits per heavy atom. The van der Waals surface area contributed by atoms with Gasteiger partial charge >= 0.3 is 6.03 Å². The van der Waals surface area contributed by atoms with Gasteiger partial charge in [0.15, 0.2) is 0 Å². The van der Waals surface area contributed by atoms with Gasteiger partial charge in [0.1, 0.15) is 0 Å². The maximum atomic E-state index is 11.2. The summed E-state index contributed by atoms with van der Waals surface area (Å²) in [5.41, 5.74) is 0. The van der Waals surface area contributed by atoms with Crippen LogP contribution in [0.15, 0.2) is 0 Å². The van der Waals surface area contributed by atoms with Crippen molar-refractivity contribution in [1.82, 2.24) is 25.2 Å². The minimum absolute atomic E-state index is 0.0184. The van der Waals surface area contributed by atoms with E-state index in [9.17, 15) is 4.79 Å². The van der Waals surface area contributed by atoms with Gasteiger partial charge in [-0.2, -0.15) is 15.0 Å². The number of urea groups is 1. The van der Waals surface area contributed by atoms with Crippen molar-refractivity contribution in [3.63, 3.8) is 0 Å². The van der Waals surface area contributed by atoms with Crippen LogP contribution in [0, 0.1) is 0 Å². The molecule has 94 valence electrons. The Kier molecular flexibility index (Phi) is 5.17.